The molecule has 3 aromatic heterocycles. The second-order valence-corrected chi connectivity index (χ2v) is 6.89. The normalized spacial score (nSPS) is 12.6. The maximum atomic E-state index is 11.2. The van der Waals surface area contributed by atoms with Gasteiger partial charge in [-0.15, -0.1) is 0 Å². The van der Waals surface area contributed by atoms with Crippen molar-refractivity contribution in [2.75, 3.05) is 0 Å². The Labute approximate surface area is 155 Å². The van der Waals surface area contributed by atoms with Crippen LogP contribution in [0.25, 0.3) is 45.0 Å². The summed E-state index contributed by atoms with van der Waals surface area (Å²) in [6, 6.07) is 14.7. The van der Waals surface area contributed by atoms with E-state index >= 15 is 0 Å². The number of pyridine rings is 1. The van der Waals surface area contributed by atoms with Crippen LogP contribution >= 0.6 is 0 Å². The molecule has 1 atom stereocenters. The summed E-state index contributed by atoms with van der Waals surface area (Å²) in [4.78, 5) is 16.3. The lowest BCUT2D eigenvalue weighted by Crippen LogP contribution is -1.91. The molecule has 2 aromatic carbocycles. The lowest BCUT2D eigenvalue weighted by molar-refractivity contribution is 0.536. The number of imidazole rings is 1. The van der Waals surface area contributed by atoms with Crippen molar-refractivity contribution < 1.29 is 13.2 Å². The number of rotatable bonds is 3. The summed E-state index contributed by atoms with van der Waals surface area (Å²) in [5.74, 6) is 0.949. The molecule has 0 aliphatic rings. The summed E-state index contributed by atoms with van der Waals surface area (Å²) < 4.78 is 28.2. The highest BCUT2D eigenvalue weighted by molar-refractivity contribution is 7.79. The van der Waals surface area contributed by atoms with E-state index in [-0.39, 0.29) is 4.90 Å². The first kappa shape index (κ1) is 15.9. The molecule has 5 rings (SSSR count). The van der Waals surface area contributed by atoms with Crippen LogP contribution in [0, 0.1) is 0 Å². The van der Waals surface area contributed by atoms with Crippen molar-refractivity contribution in [3.05, 3.63) is 60.9 Å². The Kier molecular flexibility index (Phi) is 3.59. The average molecular weight is 375 g/mol. The van der Waals surface area contributed by atoms with E-state index in [0.717, 1.165) is 16.6 Å². The molecule has 3 heterocycles. The molecule has 132 valence electrons. The molecule has 0 bridgehead atoms. The van der Waals surface area contributed by atoms with Crippen LogP contribution in [-0.2, 0) is 11.1 Å². The third-order valence-electron chi connectivity index (χ3n) is 4.22. The van der Waals surface area contributed by atoms with Crippen molar-refractivity contribution in [3.63, 3.8) is 0 Å². The summed E-state index contributed by atoms with van der Waals surface area (Å²) in [7, 11) is 0. The number of hydrogen-bond donors (Lipinski definition) is 1. The van der Waals surface area contributed by atoms with Gasteiger partial charge in [0.25, 0.3) is 5.89 Å². The van der Waals surface area contributed by atoms with Crippen LogP contribution in [0.4, 0.5) is 0 Å². The van der Waals surface area contributed by atoms with Gasteiger partial charge in [-0.25, -0.2) is 9.97 Å². The first-order chi connectivity index (χ1) is 13.2. The van der Waals surface area contributed by atoms with Crippen molar-refractivity contribution in [1.29, 1.82) is 0 Å². The average Bonchev–Trinajstić information content (AvgIpc) is 3.31. The molecule has 1 unspecified atom stereocenters. The van der Waals surface area contributed by atoms with Crippen molar-refractivity contribution >= 4 is 33.2 Å². The third kappa shape index (κ3) is 2.80. The number of oxazole rings is 1. The van der Waals surface area contributed by atoms with E-state index < -0.39 is 11.1 Å². The number of nitrogens with one attached hydrogen (secondary N) is 1. The second kappa shape index (κ2) is 6.11. The van der Waals surface area contributed by atoms with Gasteiger partial charge in [0.15, 0.2) is 11.4 Å². The van der Waals surface area contributed by atoms with Gasteiger partial charge < -0.3 is 14.0 Å². The van der Waals surface area contributed by atoms with Crippen molar-refractivity contribution in [3.8, 4) is 22.8 Å². The molecule has 0 aliphatic carbocycles. The number of benzene rings is 2. The van der Waals surface area contributed by atoms with Crippen LogP contribution in [-0.4, -0.2) is 28.7 Å². The molecule has 0 fully saturated rings. The lowest BCUT2D eigenvalue weighted by Gasteiger charge is -2.06. The minimum Gasteiger partial charge on any atom is -0.768 e. The Balaban J connectivity index is 1.59. The zero-order chi connectivity index (χ0) is 18.4. The molecule has 0 saturated heterocycles. The van der Waals surface area contributed by atoms with E-state index in [2.05, 4.69) is 19.9 Å². The minimum atomic E-state index is -2.33. The molecule has 8 heteroatoms. The van der Waals surface area contributed by atoms with Gasteiger partial charge in [-0.2, -0.15) is 0 Å². The number of nitrogens with zero attached hydrogens (tertiary/aromatic N) is 3. The third-order valence-corrected chi connectivity index (χ3v) is 4.83. The van der Waals surface area contributed by atoms with E-state index in [1.807, 2.05) is 42.5 Å². The zero-order valence-electron chi connectivity index (χ0n) is 13.7. The fourth-order valence-corrected chi connectivity index (χ4v) is 3.30. The quantitative estimate of drug-likeness (QED) is 0.482. The molecule has 0 radical (unpaired) electrons. The highest BCUT2D eigenvalue weighted by Gasteiger charge is 2.13. The summed E-state index contributed by atoms with van der Waals surface area (Å²) in [5, 5.41) is 0. The van der Waals surface area contributed by atoms with Crippen LogP contribution in [0.5, 0.6) is 0 Å². The molecule has 7 nitrogen and oxygen atoms in total. The fraction of sp³-hybridized carbons (Fsp3) is 0. The van der Waals surface area contributed by atoms with E-state index in [0.29, 0.717) is 28.4 Å². The zero-order valence-corrected chi connectivity index (χ0v) is 14.6. The molecular weight excluding hydrogens is 364 g/mol. The van der Waals surface area contributed by atoms with E-state index in [1.54, 1.807) is 12.3 Å². The van der Waals surface area contributed by atoms with Crippen molar-refractivity contribution in [1.82, 2.24) is 19.9 Å². The number of hydrogen-bond acceptors (Lipinski definition) is 6. The van der Waals surface area contributed by atoms with Crippen LogP contribution in [0.15, 0.2) is 70.2 Å². The SMILES string of the molecule is O=S([O-])c1cncc(-c2ccc3nc(-c4nc5ccccc5[nH]4)oc3c2)c1. The molecule has 1 N–H and O–H groups in total. The maximum Gasteiger partial charge on any atom is 0.264 e. The molecule has 0 aliphatic heterocycles. The van der Waals surface area contributed by atoms with Gasteiger partial charge in [-0.3, -0.25) is 9.19 Å². The van der Waals surface area contributed by atoms with E-state index in [4.69, 9.17) is 4.42 Å². The van der Waals surface area contributed by atoms with Gasteiger partial charge in [-0.1, -0.05) is 18.2 Å². The van der Waals surface area contributed by atoms with Crippen molar-refractivity contribution in [2.24, 2.45) is 0 Å². The van der Waals surface area contributed by atoms with E-state index in [1.165, 1.54) is 6.20 Å². The standard InChI is InChI=1S/C19H12N4O3S/c24-27(25)13-7-12(9-20-10-13)11-5-6-16-17(8-11)26-19(23-16)18-21-14-3-1-2-4-15(14)22-18/h1-10H,(H,21,22)(H,24,25)/p-1. The minimum absolute atomic E-state index is 0.133. The predicted octanol–water partition coefficient (Wildman–Crippen LogP) is 3.67. The maximum absolute atomic E-state index is 11.2. The first-order valence-electron chi connectivity index (χ1n) is 8.08. The lowest BCUT2D eigenvalue weighted by atomic mass is 10.1. The number of aromatic amines is 1. The molecule has 0 amide bonds. The number of H-pyrrole nitrogens is 1. The summed E-state index contributed by atoms with van der Waals surface area (Å²) in [5.41, 5.74) is 4.48. The van der Waals surface area contributed by atoms with Crippen molar-refractivity contribution in [2.45, 2.75) is 4.90 Å². The summed E-state index contributed by atoms with van der Waals surface area (Å²) in [6.07, 6.45) is 2.91. The molecular formula is C19H11N4O3S-. The number of para-hydroxylation sites is 2. The number of aromatic nitrogens is 4. The molecule has 27 heavy (non-hydrogen) atoms. The molecule has 0 spiro atoms. The van der Waals surface area contributed by atoms with Gasteiger partial charge in [0.2, 0.25) is 0 Å². The topological polar surface area (TPSA) is 108 Å². The van der Waals surface area contributed by atoms with Gasteiger partial charge in [0.05, 0.1) is 11.0 Å². The van der Waals surface area contributed by atoms with Gasteiger partial charge in [-0.05, 0) is 47.0 Å². The monoisotopic (exact) mass is 375 g/mol. The largest absolute Gasteiger partial charge is 0.768 e. The Bertz CT molecular complexity index is 1290. The van der Waals surface area contributed by atoms with Crippen LogP contribution < -0.4 is 0 Å². The Morgan fingerprint density at radius 1 is 0.963 bits per heavy atom. The fourth-order valence-electron chi connectivity index (χ4n) is 2.93. The highest BCUT2D eigenvalue weighted by atomic mass is 32.2. The van der Waals surface area contributed by atoms with Crippen LogP contribution in [0.1, 0.15) is 0 Å². The van der Waals surface area contributed by atoms with Gasteiger partial charge >= 0.3 is 0 Å². The second-order valence-electron chi connectivity index (χ2n) is 5.95. The molecule has 5 aromatic rings. The van der Waals surface area contributed by atoms with Crippen LogP contribution in [0.3, 0.4) is 0 Å². The highest BCUT2D eigenvalue weighted by Crippen LogP contribution is 2.28. The van der Waals surface area contributed by atoms with Gasteiger partial charge in [0.1, 0.15) is 5.52 Å². The summed E-state index contributed by atoms with van der Waals surface area (Å²) in [6.45, 7) is 0. The smallest absolute Gasteiger partial charge is 0.264 e. The molecule has 0 saturated carbocycles. The van der Waals surface area contributed by atoms with Crippen LogP contribution in [0.2, 0.25) is 0 Å². The Morgan fingerprint density at radius 3 is 2.70 bits per heavy atom. The Hall–Kier alpha value is -3.36. The van der Waals surface area contributed by atoms with Gasteiger partial charge in [0, 0.05) is 22.9 Å². The summed E-state index contributed by atoms with van der Waals surface area (Å²) >= 11 is -2.33. The number of fused-ring (bicyclic) bond motifs is 2. The van der Waals surface area contributed by atoms with E-state index in [9.17, 15) is 8.76 Å². The first-order valence-corrected chi connectivity index (χ1v) is 9.15. The predicted molar refractivity (Wildman–Crippen MR) is 99.5 cm³/mol. The Morgan fingerprint density at radius 2 is 1.85 bits per heavy atom.